The number of rotatable bonds is 5. The van der Waals surface area contributed by atoms with E-state index < -0.39 is 0 Å². The summed E-state index contributed by atoms with van der Waals surface area (Å²) in [5.74, 6) is 0. The van der Waals surface area contributed by atoms with Crippen LogP contribution in [0.4, 0.5) is 0 Å². The molecule has 0 aliphatic heterocycles. The second-order valence-corrected chi connectivity index (χ2v) is 3.18. The third-order valence-electron chi connectivity index (χ3n) is 2.09. The molecule has 3 nitrogen and oxygen atoms in total. The zero-order valence-corrected chi connectivity index (χ0v) is 7.98. The molecule has 0 aromatic carbocycles. The number of hydrogen-bond donors (Lipinski definition) is 2. The topological polar surface area (TPSA) is 49.7 Å². The van der Waals surface area contributed by atoms with Crippen molar-refractivity contribution >= 4 is 0 Å². The van der Waals surface area contributed by atoms with E-state index in [0.29, 0.717) is 6.04 Å². The first kappa shape index (κ1) is 10.2. The fourth-order valence-corrected chi connectivity index (χ4v) is 1.24. The second-order valence-electron chi connectivity index (χ2n) is 3.18. The lowest BCUT2D eigenvalue weighted by molar-refractivity contribution is -0.693. The quantitative estimate of drug-likeness (QED) is 0.632. The first-order chi connectivity index (χ1) is 6.34. The molecule has 0 aliphatic rings. The lowest BCUT2D eigenvalue weighted by atomic mass is 10.1. The molecule has 0 saturated heterocycles. The highest BCUT2D eigenvalue weighted by atomic mass is 16.3. The normalized spacial score (nSPS) is 12.8. The number of aliphatic hydroxyl groups is 1. The van der Waals surface area contributed by atoms with Crippen LogP contribution in [0.5, 0.6) is 0 Å². The molecule has 3 N–H and O–H groups in total. The van der Waals surface area contributed by atoms with E-state index in [0.717, 1.165) is 13.0 Å². The number of hydrogen-bond acceptors (Lipinski definition) is 2. The highest BCUT2D eigenvalue weighted by molar-refractivity contribution is 5.10. The van der Waals surface area contributed by atoms with E-state index >= 15 is 0 Å². The largest absolute Gasteiger partial charge is 0.396 e. The molecule has 0 unspecified atom stereocenters. The second kappa shape index (κ2) is 5.67. The van der Waals surface area contributed by atoms with Gasteiger partial charge in [0.05, 0.1) is 6.54 Å². The van der Waals surface area contributed by atoms with Crippen LogP contribution in [-0.2, 0) is 0 Å². The van der Waals surface area contributed by atoms with Crippen molar-refractivity contribution in [2.24, 2.45) is 0 Å². The lowest BCUT2D eigenvalue weighted by Crippen LogP contribution is -2.84. The minimum Gasteiger partial charge on any atom is -0.396 e. The summed E-state index contributed by atoms with van der Waals surface area (Å²) in [5.41, 5.74) is 1.24. The summed E-state index contributed by atoms with van der Waals surface area (Å²) in [7, 11) is 0. The Bertz CT molecular complexity index is 226. The van der Waals surface area contributed by atoms with Crippen molar-refractivity contribution in [3.05, 3.63) is 30.1 Å². The molecule has 0 bridgehead atoms. The molecule has 0 fully saturated rings. The van der Waals surface area contributed by atoms with E-state index in [2.05, 4.69) is 23.3 Å². The van der Waals surface area contributed by atoms with E-state index in [-0.39, 0.29) is 6.61 Å². The molecule has 72 valence electrons. The average Bonchev–Trinajstić information content (AvgIpc) is 2.19. The monoisotopic (exact) mass is 181 g/mol. The van der Waals surface area contributed by atoms with Crippen molar-refractivity contribution in [1.82, 2.24) is 4.98 Å². The van der Waals surface area contributed by atoms with Gasteiger partial charge in [-0.05, 0) is 13.0 Å². The first-order valence-corrected chi connectivity index (χ1v) is 4.68. The van der Waals surface area contributed by atoms with Crippen LogP contribution in [0.15, 0.2) is 24.5 Å². The molecule has 1 rings (SSSR count). The van der Waals surface area contributed by atoms with E-state index in [1.807, 2.05) is 12.3 Å². The average molecular weight is 181 g/mol. The van der Waals surface area contributed by atoms with Crippen LogP contribution in [0.1, 0.15) is 24.9 Å². The molecule has 0 aliphatic carbocycles. The van der Waals surface area contributed by atoms with Gasteiger partial charge in [-0.25, -0.2) is 0 Å². The highest BCUT2D eigenvalue weighted by Crippen LogP contribution is 2.03. The van der Waals surface area contributed by atoms with Gasteiger partial charge < -0.3 is 10.4 Å². The van der Waals surface area contributed by atoms with Crippen LogP contribution in [0.25, 0.3) is 0 Å². The third kappa shape index (κ3) is 3.53. The maximum absolute atomic E-state index is 8.62. The molecule has 0 radical (unpaired) electrons. The highest BCUT2D eigenvalue weighted by Gasteiger charge is 2.06. The maximum atomic E-state index is 8.62. The van der Waals surface area contributed by atoms with Crippen molar-refractivity contribution in [1.29, 1.82) is 0 Å². The van der Waals surface area contributed by atoms with Crippen molar-refractivity contribution in [2.75, 3.05) is 13.2 Å². The number of nitrogens with two attached hydrogens (primary N) is 1. The predicted molar refractivity (Wildman–Crippen MR) is 51.1 cm³/mol. The van der Waals surface area contributed by atoms with E-state index in [1.54, 1.807) is 6.20 Å². The summed E-state index contributed by atoms with van der Waals surface area (Å²) in [6, 6.07) is 4.46. The Balaban J connectivity index is 2.35. The Morgan fingerprint density at radius 1 is 1.62 bits per heavy atom. The molecule has 0 spiro atoms. The molecule has 0 saturated carbocycles. The molecule has 1 aromatic heterocycles. The van der Waals surface area contributed by atoms with Crippen LogP contribution in [0.3, 0.4) is 0 Å². The minimum atomic E-state index is 0.274. The fraction of sp³-hybridized carbons (Fsp3) is 0.500. The van der Waals surface area contributed by atoms with Crippen molar-refractivity contribution in [2.45, 2.75) is 19.4 Å². The zero-order valence-electron chi connectivity index (χ0n) is 7.98. The Labute approximate surface area is 78.8 Å². The smallest absolute Gasteiger partial charge is 0.110 e. The van der Waals surface area contributed by atoms with Gasteiger partial charge in [0.1, 0.15) is 6.04 Å². The molecule has 13 heavy (non-hydrogen) atoms. The summed E-state index contributed by atoms with van der Waals surface area (Å²) in [6.07, 6.45) is 4.52. The van der Waals surface area contributed by atoms with Crippen LogP contribution >= 0.6 is 0 Å². The number of nitrogens with zero attached hydrogens (tertiary/aromatic N) is 1. The van der Waals surface area contributed by atoms with Gasteiger partial charge in [-0.2, -0.15) is 0 Å². The van der Waals surface area contributed by atoms with Gasteiger partial charge in [-0.15, -0.1) is 0 Å². The lowest BCUT2D eigenvalue weighted by Gasteiger charge is -2.09. The van der Waals surface area contributed by atoms with Crippen molar-refractivity contribution < 1.29 is 10.4 Å². The van der Waals surface area contributed by atoms with E-state index in [1.165, 1.54) is 5.56 Å². The number of quaternary nitrogens is 1. The maximum Gasteiger partial charge on any atom is 0.110 e. The van der Waals surface area contributed by atoms with Gasteiger partial charge in [0.15, 0.2) is 0 Å². The Morgan fingerprint density at radius 3 is 3.08 bits per heavy atom. The molecule has 0 amide bonds. The summed E-state index contributed by atoms with van der Waals surface area (Å²) >= 11 is 0. The predicted octanol–water partition coefficient (Wildman–Crippen LogP) is 0.0884. The molecule has 3 heteroatoms. The van der Waals surface area contributed by atoms with Gasteiger partial charge in [0.25, 0.3) is 0 Å². The zero-order chi connectivity index (χ0) is 9.52. The van der Waals surface area contributed by atoms with Crippen LogP contribution in [0.2, 0.25) is 0 Å². The standard InChI is InChI=1S/C10H16N2O/c1-9(12-6-3-7-13)10-4-2-5-11-8-10/h2,4-5,8-9,12-13H,3,6-7H2,1H3/p+1/t9-/m0/s1. The summed E-state index contributed by atoms with van der Waals surface area (Å²) in [5, 5.41) is 10.8. The van der Waals surface area contributed by atoms with Crippen LogP contribution < -0.4 is 5.32 Å². The van der Waals surface area contributed by atoms with Gasteiger partial charge in [0, 0.05) is 31.0 Å². The van der Waals surface area contributed by atoms with Crippen molar-refractivity contribution in [3.63, 3.8) is 0 Å². The summed E-state index contributed by atoms with van der Waals surface area (Å²) < 4.78 is 0. The summed E-state index contributed by atoms with van der Waals surface area (Å²) in [6.45, 7) is 3.39. The molecular weight excluding hydrogens is 164 g/mol. The third-order valence-corrected chi connectivity index (χ3v) is 2.09. The van der Waals surface area contributed by atoms with Gasteiger partial charge >= 0.3 is 0 Å². The van der Waals surface area contributed by atoms with Gasteiger partial charge in [0.2, 0.25) is 0 Å². The van der Waals surface area contributed by atoms with E-state index in [9.17, 15) is 0 Å². The van der Waals surface area contributed by atoms with Crippen LogP contribution in [0, 0.1) is 0 Å². The number of aliphatic hydroxyl groups excluding tert-OH is 1. The molecule has 1 aromatic rings. The van der Waals surface area contributed by atoms with Gasteiger partial charge in [-0.1, -0.05) is 6.07 Å². The van der Waals surface area contributed by atoms with Crippen LogP contribution in [-0.4, -0.2) is 23.2 Å². The minimum absolute atomic E-state index is 0.274. The summed E-state index contributed by atoms with van der Waals surface area (Å²) in [4.78, 5) is 4.06. The van der Waals surface area contributed by atoms with Gasteiger partial charge in [-0.3, -0.25) is 4.98 Å². The SMILES string of the molecule is C[C@H]([NH2+]CCCO)c1cccnc1. The Morgan fingerprint density at radius 2 is 2.46 bits per heavy atom. The first-order valence-electron chi connectivity index (χ1n) is 4.68. The Kier molecular flexibility index (Phi) is 4.43. The van der Waals surface area contributed by atoms with E-state index in [4.69, 9.17) is 5.11 Å². The Hall–Kier alpha value is -0.930. The molecular formula is C10H17N2O+. The fourth-order valence-electron chi connectivity index (χ4n) is 1.24. The molecule has 1 heterocycles. The number of pyridine rings is 1. The number of aromatic nitrogens is 1. The van der Waals surface area contributed by atoms with Crippen molar-refractivity contribution in [3.8, 4) is 0 Å². The molecule has 1 atom stereocenters.